The number of aromatic nitrogens is 1. The van der Waals surface area contributed by atoms with Crippen LogP contribution >= 0.6 is 0 Å². The van der Waals surface area contributed by atoms with Gasteiger partial charge in [0.25, 0.3) is 0 Å². The van der Waals surface area contributed by atoms with E-state index >= 15 is 0 Å². The lowest BCUT2D eigenvalue weighted by Gasteiger charge is -2.36. The van der Waals surface area contributed by atoms with E-state index in [2.05, 4.69) is 4.98 Å². The number of carbonyl (C=O) groups is 1. The Kier molecular flexibility index (Phi) is 6.07. The van der Waals surface area contributed by atoms with E-state index < -0.39 is 16.1 Å². The van der Waals surface area contributed by atoms with Crippen molar-refractivity contribution in [3.63, 3.8) is 0 Å². The molecule has 1 atom stereocenters. The largest absolute Gasteiger partial charge is 0.353 e. The van der Waals surface area contributed by atoms with E-state index in [1.807, 2.05) is 37.5 Å². The number of likely N-dealkylation sites (tertiary alicyclic amines) is 1. The fraction of sp³-hybridized carbons (Fsp3) is 0.739. The van der Waals surface area contributed by atoms with Gasteiger partial charge in [-0.1, -0.05) is 0 Å². The molecule has 0 unspecified atom stereocenters. The highest BCUT2D eigenvalue weighted by Crippen LogP contribution is 2.53. The van der Waals surface area contributed by atoms with Crippen molar-refractivity contribution >= 4 is 21.7 Å². The van der Waals surface area contributed by atoms with Crippen LogP contribution in [0.4, 0.5) is 5.82 Å². The highest BCUT2D eigenvalue weighted by atomic mass is 32.2. The minimum absolute atomic E-state index is 0.0191. The van der Waals surface area contributed by atoms with Gasteiger partial charge in [-0.05, 0) is 83.8 Å². The van der Waals surface area contributed by atoms with Crippen LogP contribution in [0.5, 0.6) is 0 Å². The van der Waals surface area contributed by atoms with Crippen molar-refractivity contribution in [1.29, 1.82) is 0 Å². The molecule has 1 aliphatic carbocycles. The lowest BCUT2D eigenvalue weighted by molar-refractivity contribution is -0.136. The molecule has 0 bridgehead atoms. The number of nitrogens with zero attached hydrogens (tertiary/aromatic N) is 4. The quantitative estimate of drug-likeness (QED) is 0.668. The molecule has 31 heavy (non-hydrogen) atoms. The third-order valence-corrected chi connectivity index (χ3v) is 9.31. The normalized spacial score (nSPS) is 23.5. The lowest BCUT2D eigenvalue weighted by Crippen LogP contribution is -2.50. The van der Waals surface area contributed by atoms with E-state index in [0.29, 0.717) is 37.2 Å². The van der Waals surface area contributed by atoms with Crippen LogP contribution in [0.15, 0.2) is 17.0 Å². The zero-order valence-electron chi connectivity index (χ0n) is 19.3. The Bertz CT molecular complexity index is 932. The zero-order valence-corrected chi connectivity index (χ0v) is 20.1. The van der Waals surface area contributed by atoms with Crippen LogP contribution in [0, 0.1) is 12.3 Å². The van der Waals surface area contributed by atoms with Gasteiger partial charge in [0, 0.05) is 37.9 Å². The van der Waals surface area contributed by atoms with E-state index in [1.165, 1.54) is 17.1 Å². The Morgan fingerprint density at radius 1 is 1.19 bits per heavy atom. The molecule has 4 rings (SSSR count). The minimum atomic E-state index is -3.84. The molecule has 7 nitrogen and oxygen atoms in total. The number of carbonyl (C=O) groups excluding carboxylic acids is 1. The lowest BCUT2D eigenvalue weighted by atomic mass is 9.93. The molecule has 3 fully saturated rings. The average molecular weight is 449 g/mol. The second-order valence-corrected chi connectivity index (χ2v) is 11.6. The summed E-state index contributed by atoms with van der Waals surface area (Å²) in [6, 6.07) is 2.93. The smallest absolute Gasteiger partial charge is 0.247 e. The predicted octanol–water partition coefficient (Wildman–Crippen LogP) is 3.18. The molecular weight excluding hydrogens is 412 g/mol. The summed E-state index contributed by atoms with van der Waals surface area (Å²) in [6.45, 7) is 10.5. The van der Waals surface area contributed by atoms with Gasteiger partial charge in [-0.2, -0.15) is 4.31 Å². The molecular formula is C23H36N4O3S. The number of pyridine rings is 1. The third kappa shape index (κ3) is 4.21. The summed E-state index contributed by atoms with van der Waals surface area (Å²) < 4.78 is 29.1. The second-order valence-electron chi connectivity index (χ2n) is 9.75. The summed E-state index contributed by atoms with van der Waals surface area (Å²) in [5.74, 6) is 0.471. The Hall–Kier alpha value is -1.67. The van der Waals surface area contributed by atoms with E-state index in [0.717, 1.165) is 31.6 Å². The Balaban J connectivity index is 1.61. The van der Waals surface area contributed by atoms with Gasteiger partial charge in [0.15, 0.2) is 0 Å². The summed E-state index contributed by atoms with van der Waals surface area (Å²) in [5, 5.41) is 0. The number of aryl methyl sites for hydroxylation is 1. The van der Waals surface area contributed by atoms with Crippen molar-refractivity contribution in [3.8, 4) is 0 Å². The van der Waals surface area contributed by atoms with Crippen LogP contribution in [-0.2, 0) is 14.8 Å². The fourth-order valence-electron chi connectivity index (χ4n) is 5.19. The molecule has 0 radical (unpaired) electrons. The summed E-state index contributed by atoms with van der Waals surface area (Å²) in [6.07, 6.45) is 5.99. The van der Waals surface area contributed by atoms with Gasteiger partial charge in [0.2, 0.25) is 15.9 Å². The SMILES string of the molecule is CCN(c1nc(C)ccc1S(=O)(=O)N1CCC[C@H]1C(=O)N1CCC2(CC1)CC2)C(C)C. The topological polar surface area (TPSA) is 73.8 Å². The van der Waals surface area contributed by atoms with E-state index in [1.54, 1.807) is 12.1 Å². The van der Waals surface area contributed by atoms with Crippen LogP contribution < -0.4 is 4.90 Å². The van der Waals surface area contributed by atoms with Gasteiger partial charge in [0.1, 0.15) is 16.8 Å². The van der Waals surface area contributed by atoms with E-state index in [9.17, 15) is 13.2 Å². The standard InChI is InChI=1S/C23H36N4O3S/c1-5-26(17(2)3)21-20(9-8-18(4)24-21)31(29,30)27-14-6-7-19(27)22(28)25-15-12-23(10-11-23)13-16-25/h8-9,17,19H,5-7,10-16H2,1-4H3/t19-/m0/s1. The van der Waals surface area contributed by atoms with Crippen molar-refractivity contribution in [3.05, 3.63) is 17.8 Å². The monoisotopic (exact) mass is 448 g/mol. The minimum Gasteiger partial charge on any atom is -0.353 e. The summed E-state index contributed by atoms with van der Waals surface area (Å²) >= 11 is 0. The van der Waals surface area contributed by atoms with Crippen LogP contribution in [-0.4, -0.2) is 66.8 Å². The molecule has 2 aliphatic heterocycles. The molecule has 3 heterocycles. The predicted molar refractivity (Wildman–Crippen MR) is 122 cm³/mol. The average Bonchev–Trinajstić information content (AvgIpc) is 3.28. The number of hydrogen-bond donors (Lipinski definition) is 0. The Morgan fingerprint density at radius 2 is 1.87 bits per heavy atom. The molecule has 1 aromatic heterocycles. The van der Waals surface area contributed by atoms with Crippen molar-refractivity contribution in [2.75, 3.05) is 31.1 Å². The summed E-state index contributed by atoms with van der Waals surface area (Å²) in [4.78, 5) is 22.1. The number of anilines is 1. The van der Waals surface area contributed by atoms with Gasteiger partial charge < -0.3 is 9.80 Å². The van der Waals surface area contributed by atoms with E-state index in [4.69, 9.17) is 0 Å². The van der Waals surface area contributed by atoms with Gasteiger partial charge in [-0.15, -0.1) is 0 Å². The van der Waals surface area contributed by atoms with Crippen molar-refractivity contribution < 1.29 is 13.2 Å². The van der Waals surface area contributed by atoms with Gasteiger partial charge in [-0.3, -0.25) is 4.79 Å². The molecule has 1 spiro atoms. The molecule has 1 saturated carbocycles. The number of amides is 1. The second kappa shape index (κ2) is 8.35. The van der Waals surface area contributed by atoms with Gasteiger partial charge >= 0.3 is 0 Å². The molecule has 0 aromatic carbocycles. The number of sulfonamides is 1. The third-order valence-electron chi connectivity index (χ3n) is 7.38. The fourth-order valence-corrected chi connectivity index (χ4v) is 6.97. The molecule has 1 aromatic rings. The molecule has 172 valence electrons. The first-order chi connectivity index (χ1) is 14.7. The van der Waals surface area contributed by atoms with Crippen molar-refractivity contribution in [2.24, 2.45) is 5.41 Å². The maximum absolute atomic E-state index is 13.8. The molecule has 1 amide bonds. The first-order valence-electron chi connectivity index (χ1n) is 11.7. The van der Waals surface area contributed by atoms with Crippen LogP contribution in [0.1, 0.15) is 65.0 Å². The number of hydrogen-bond acceptors (Lipinski definition) is 5. The summed E-state index contributed by atoms with van der Waals surface area (Å²) in [7, 11) is -3.84. The summed E-state index contributed by atoms with van der Waals surface area (Å²) in [5.41, 5.74) is 1.27. The molecule has 2 saturated heterocycles. The van der Waals surface area contributed by atoms with Crippen LogP contribution in [0.2, 0.25) is 0 Å². The van der Waals surface area contributed by atoms with Gasteiger partial charge in [-0.25, -0.2) is 13.4 Å². The molecule has 8 heteroatoms. The van der Waals surface area contributed by atoms with Crippen molar-refractivity contribution in [2.45, 2.75) is 83.2 Å². The van der Waals surface area contributed by atoms with E-state index in [-0.39, 0.29) is 16.8 Å². The molecule has 3 aliphatic rings. The maximum atomic E-state index is 13.8. The highest BCUT2D eigenvalue weighted by Gasteiger charge is 2.48. The van der Waals surface area contributed by atoms with Gasteiger partial charge in [0.05, 0.1) is 0 Å². The number of piperidine rings is 1. The first-order valence-corrected chi connectivity index (χ1v) is 13.2. The first kappa shape index (κ1) is 22.5. The highest BCUT2D eigenvalue weighted by molar-refractivity contribution is 7.89. The maximum Gasteiger partial charge on any atom is 0.247 e. The zero-order chi connectivity index (χ0) is 22.4. The molecule has 0 N–H and O–H groups in total. The Morgan fingerprint density at radius 3 is 2.45 bits per heavy atom. The Labute approximate surface area is 186 Å². The van der Waals surface area contributed by atoms with Crippen molar-refractivity contribution in [1.82, 2.24) is 14.2 Å². The van der Waals surface area contributed by atoms with Crippen LogP contribution in [0.3, 0.4) is 0 Å². The van der Waals surface area contributed by atoms with Crippen LogP contribution in [0.25, 0.3) is 0 Å². The number of rotatable bonds is 6.